The maximum Gasteiger partial charge on any atom is 0.270 e. The number of H-pyrrole nitrogens is 1. The van der Waals surface area contributed by atoms with Crippen molar-refractivity contribution >= 4 is 33.4 Å². The minimum Gasteiger partial charge on any atom is -0.349 e. The third-order valence-electron chi connectivity index (χ3n) is 7.04. The zero-order valence-electron chi connectivity index (χ0n) is 18.8. The molecule has 4 aromatic rings. The number of hydrogen-bond donors (Lipinski definition) is 2. The number of amides is 1. The predicted molar refractivity (Wildman–Crippen MR) is 136 cm³/mol. The zero-order chi connectivity index (χ0) is 23.1. The molecule has 6 rings (SSSR count). The average Bonchev–Trinajstić information content (AvgIpc) is 3.49. The zero-order valence-corrected chi connectivity index (χ0v) is 19.6. The van der Waals surface area contributed by atoms with E-state index in [1.807, 2.05) is 41.8 Å². The Morgan fingerprint density at radius 3 is 2.79 bits per heavy atom. The highest BCUT2D eigenvalue weighted by Gasteiger charge is 2.31. The summed E-state index contributed by atoms with van der Waals surface area (Å²) < 4.78 is 0.633. The Labute approximate surface area is 201 Å². The molecule has 2 aromatic carbocycles. The van der Waals surface area contributed by atoms with Crippen molar-refractivity contribution < 1.29 is 4.79 Å². The number of aryl methyl sites for hydroxylation is 1. The number of piperidine rings is 1. The van der Waals surface area contributed by atoms with Gasteiger partial charge in [0.05, 0.1) is 17.5 Å². The number of thiophene rings is 1. The molecule has 7 heteroatoms. The van der Waals surface area contributed by atoms with Crippen LogP contribution in [0, 0.1) is 5.92 Å². The van der Waals surface area contributed by atoms with Crippen molar-refractivity contribution in [1.29, 1.82) is 0 Å². The fourth-order valence-electron chi connectivity index (χ4n) is 5.27. The smallest absolute Gasteiger partial charge is 0.270 e. The molecule has 0 radical (unpaired) electrons. The summed E-state index contributed by atoms with van der Waals surface area (Å²) in [6, 6.07) is 18.5. The van der Waals surface area contributed by atoms with E-state index in [9.17, 15) is 9.59 Å². The Morgan fingerprint density at radius 2 is 1.91 bits per heavy atom. The lowest BCUT2D eigenvalue weighted by molar-refractivity contribution is -0.126. The standard InChI is InChI=1S/C27H26N4O2S/c32-25(28-22-13-12-18-9-4-5-11-20(18)22)19-10-6-14-31(15-19)27-29-23-21(17-7-2-1-3-8-17)16-34-24(23)26(33)30-27/h1-5,7-9,11,16,19,22H,6,10,12-15H2,(H,28,32)(H,29,30,33)/t19-,22-/m0/s1. The molecule has 1 amide bonds. The van der Waals surface area contributed by atoms with Gasteiger partial charge in [-0.1, -0.05) is 54.6 Å². The highest BCUT2D eigenvalue weighted by Crippen LogP contribution is 2.33. The number of nitrogens with one attached hydrogen (secondary N) is 2. The van der Waals surface area contributed by atoms with Gasteiger partial charge in [-0.3, -0.25) is 14.6 Å². The van der Waals surface area contributed by atoms with E-state index in [2.05, 4.69) is 33.4 Å². The van der Waals surface area contributed by atoms with Crippen LogP contribution in [0.3, 0.4) is 0 Å². The van der Waals surface area contributed by atoms with Crippen molar-refractivity contribution in [2.45, 2.75) is 31.7 Å². The molecule has 1 saturated heterocycles. The third kappa shape index (κ3) is 3.80. The maximum absolute atomic E-state index is 13.2. The largest absolute Gasteiger partial charge is 0.349 e. The molecular weight excluding hydrogens is 444 g/mol. The summed E-state index contributed by atoms with van der Waals surface area (Å²) in [5.41, 5.74) is 5.19. The van der Waals surface area contributed by atoms with Crippen LogP contribution in [0.5, 0.6) is 0 Å². The Balaban J connectivity index is 1.24. The highest BCUT2D eigenvalue weighted by molar-refractivity contribution is 7.17. The first-order valence-corrected chi connectivity index (χ1v) is 12.8. The molecule has 1 aliphatic carbocycles. The first-order chi connectivity index (χ1) is 16.7. The van der Waals surface area contributed by atoms with Crippen LogP contribution in [0.25, 0.3) is 21.3 Å². The number of nitrogens with zero attached hydrogens (tertiary/aromatic N) is 2. The Kier molecular flexibility index (Phi) is 5.41. The molecule has 2 N–H and O–H groups in total. The average molecular weight is 471 g/mol. The molecule has 0 unspecified atom stereocenters. The molecule has 6 nitrogen and oxygen atoms in total. The minimum atomic E-state index is -0.126. The lowest BCUT2D eigenvalue weighted by Gasteiger charge is -2.33. The number of fused-ring (bicyclic) bond motifs is 2. The van der Waals surface area contributed by atoms with Crippen molar-refractivity contribution in [3.63, 3.8) is 0 Å². The van der Waals surface area contributed by atoms with Gasteiger partial charge in [-0.2, -0.15) is 0 Å². The van der Waals surface area contributed by atoms with Crippen LogP contribution in [0.15, 0.2) is 64.8 Å². The summed E-state index contributed by atoms with van der Waals surface area (Å²) >= 11 is 1.42. The van der Waals surface area contributed by atoms with Gasteiger partial charge < -0.3 is 10.2 Å². The summed E-state index contributed by atoms with van der Waals surface area (Å²) in [6.07, 6.45) is 3.69. The van der Waals surface area contributed by atoms with Gasteiger partial charge in [-0.25, -0.2) is 4.98 Å². The Morgan fingerprint density at radius 1 is 1.09 bits per heavy atom. The van der Waals surface area contributed by atoms with Crippen molar-refractivity contribution in [3.8, 4) is 11.1 Å². The predicted octanol–water partition coefficient (Wildman–Crippen LogP) is 4.67. The second kappa shape index (κ2) is 8.72. The summed E-state index contributed by atoms with van der Waals surface area (Å²) in [6.45, 7) is 1.33. The minimum absolute atomic E-state index is 0.0904. The molecule has 2 aliphatic rings. The molecule has 1 fully saturated rings. The second-order valence-corrected chi connectivity index (χ2v) is 10.0. The normalized spacial score (nSPS) is 19.8. The maximum atomic E-state index is 13.2. The topological polar surface area (TPSA) is 78.1 Å². The monoisotopic (exact) mass is 470 g/mol. The van der Waals surface area contributed by atoms with E-state index in [1.165, 1.54) is 22.5 Å². The molecule has 0 spiro atoms. The van der Waals surface area contributed by atoms with Crippen LogP contribution in [0.1, 0.15) is 36.4 Å². The van der Waals surface area contributed by atoms with Crippen molar-refractivity contribution in [1.82, 2.24) is 15.3 Å². The van der Waals surface area contributed by atoms with Crippen LogP contribution >= 0.6 is 11.3 Å². The molecule has 0 bridgehead atoms. The quantitative estimate of drug-likeness (QED) is 0.454. The number of rotatable bonds is 4. The molecule has 1 aliphatic heterocycles. The molecule has 2 aromatic heterocycles. The van der Waals surface area contributed by atoms with Gasteiger partial charge in [-0.15, -0.1) is 11.3 Å². The first kappa shape index (κ1) is 21.1. The summed E-state index contributed by atoms with van der Waals surface area (Å²) in [7, 11) is 0. The van der Waals surface area contributed by atoms with E-state index in [1.54, 1.807) is 0 Å². The van der Waals surface area contributed by atoms with Crippen molar-refractivity contribution in [3.05, 3.63) is 81.5 Å². The van der Waals surface area contributed by atoms with Gasteiger partial charge in [0.1, 0.15) is 4.70 Å². The van der Waals surface area contributed by atoms with E-state index in [0.29, 0.717) is 17.2 Å². The van der Waals surface area contributed by atoms with Crippen molar-refractivity contribution in [2.75, 3.05) is 18.0 Å². The van der Waals surface area contributed by atoms with Crippen LogP contribution in [-0.4, -0.2) is 29.0 Å². The molecular formula is C27H26N4O2S. The van der Waals surface area contributed by atoms with Crippen LogP contribution in [-0.2, 0) is 11.2 Å². The fourth-order valence-corrected chi connectivity index (χ4v) is 6.18. The summed E-state index contributed by atoms with van der Waals surface area (Å²) in [4.78, 5) is 35.9. The number of hydrogen-bond acceptors (Lipinski definition) is 5. The SMILES string of the molecule is O=C(N[C@H]1CCc2ccccc21)[C@H]1CCCN(c2nc3c(-c4ccccc4)csc3c(=O)[nH]2)C1. The molecule has 0 saturated carbocycles. The lowest BCUT2D eigenvalue weighted by Crippen LogP contribution is -2.44. The van der Waals surface area contributed by atoms with Crippen LogP contribution < -0.4 is 15.8 Å². The van der Waals surface area contributed by atoms with Gasteiger partial charge in [0, 0.05) is 24.0 Å². The molecule has 34 heavy (non-hydrogen) atoms. The van der Waals surface area contributed by atoms with Crippen LogP contribution in [0.2, 0.25) is 0 Å². The van der Waals surface area contributed by atoms with E-state index >= 15 is 0 Å². The number of benzene rings is 2. The van der Waals surface area contributed by atoms with E-state index in [4.69, 9.17) is 4.98 Å². The number of aromatic amines is 1. The van der Waals surface area contributed by atoms with Crippen LogP contribution in [0.4, 0.5) is 5.95 Å². The third-order valence-corrected chi connectivity index (χ3v) is 8.01. The van der Waals surface area contributed by atoms with Crippen molar-refractivity contribution in [2.24, 2.45) is 5.92 Å². The van der Waals surface area contributed by atoms with E-state index < -0.39 is 0 Å². The molecule has 3 heterocycles. The second-order valence-electron chi connectivity index (χ2n) is 9.17. The van der Waals surface area contributed by atoms with Gasteiger partial charge in [0.2, 0.25) is 11.9 Å². The summed E-state index contributed by atoms with van der Waals surface area (Å²) in [5.74, 6) is 0.519. The van der Waals surface area contributed by atoms with Gasteiger partial charge in [0.25, 0.3) is 5.56 Å². The first-order valence-electron chi connectivity index (χ1n) is 11.9. The molecule has 172 valence electrons. The van der Waals surface area contributed by atoms with E-state index in [-0.39, 0.29) is 23.4 Å². The number of carbonyl (C=O) groups is 1. The van der Waals surface area contributed by atoms with Gasteiger partial charge in [0.15, 0.2) is 0 Å². The highest BCUT2D eigenvalue weighted by atomic mass is 32.1. The van der Waals surface area contributed by atoms with Gasteiger partial charge in [-0.05, 0) is 42.4 Å². The number of aromatic nitrogens is 2. The fraction of sp³-hybridized carbons (Fsp3) is 0.296. The number of carbonyl (C=O) groups excluding carboxylic acids is 1. The number of anilines is 1. The Hall–Kier alpha value is -3.45. The summed E-state index contributed by atoms with van der Waals surface area (Å²) in [5, 5.41) is 5.29. The molecule has 2 atom stereocenters. The van der Waals surface area contributed by atoms with Gasteiger partial charge >= 0.3 is 0 Å². The van der Waals surface area contributed by atoms with E-state index in [0.717, 1.165) is 48.9 Å². The lowest BCUT2D eigenvalue weighted by atomic mass is 9.96. The Bertz CT molecular complexity index is 1410.